The Labute approximate surface area is 98.0 Å². The van der Waals surface area contributed by atoms with E-state index < -0.39 is 17.0 Å². The van der Waals surface area contributed by atoms with E-state index in [2.05, 4.69) is 9.97 Å². The second kappa shape index (κ2) is 4.25. The third kappa shape index (κ3) is 2.50. The Morgan fingerprint density at radius 1 is 1.24 bits per heavy atom. The van der Waals surface area contributed by atoms with E-state index in [1.807, 2.05) is 0 Å². The molecule has 0 fully saturated rings. The maximum atomic E-state index is 12.3. The molecule has 17 heavy (non-hydrogen) atoms. The van der Waals surface area contributed by atoms with Gasteiger partial charge in [0, 0.05) is 24.2 Å². The third-order valence-electron chi connectivity index (χ3n) is 1.91. The van der Waals surface area contributed by atoms with Crippen molar-refractivity contribution in [1.29, 1.82) is 0 Å². The highest BCUT2D eigenvalue weighted by Crippen LogP contribution is 2.32. The number of ketones is 1. The molecule has 3 nitrogen and oxygen atoms in total. The van der Waals surface area contributed by atoms with Gasteiger partial charge in [0.15, 0.2) is 5.01 Å². The van der Waals surface area contributed by atoms with E-state index in [-0.39, 0.29) is 10.4 Å². The molecular weight excluding hydrogens is 253 g/mol. The molecular formula is C10H5F3N2OS. The van der Waals surface area contributed by atoms with Crippen molar-refractivity contribution in [2.75, 3.05) is 0 Å². The van der Waals surface area contributed by atoms with Crippen molar-refractivity contribution in [3.63, 3.8) is 0 Å². The van der Waals surface area contributed by atoms with Gasteiger partial charge in [0.1, 0.15) is 0 Å². The molecule has 0 spiro atoms. The molecule has 0 aliphatic carbocycles. The summed E-state index contributed by atoms with van der Waals surface area (Å²) in [7, 11) is 0. The van der Waals surface area contributed by atoms with Crippen LogP contribution in [0.5, 0.6) is 0 Å². The second-order valence-corrected chi connectivity index (χ2v) is 4.12. The van der Waals surface area contributed by atoms with Crippen LogP contribution >= 0.6 is 11.3 Å². The van der Waals surface area contributed by atoms with E-state index in [9.17, 15) is 18.0 Å². The van der Waals surface area contributed by atoms with Crippen molar-refractivity contribution in [2.24, 2.45) is 0 Å². The van der Waals surface area contributed by atoms with E-state index in [0.717, 1.165) is 6.20 Å². The Kier molecular flexibility index (Phi) is 2.93. The summed E-state index contributed by atoms with van der Waals surface area (Å²) < 4.78 is 36.9. The highest BCUT2D eigenvalue weighted by molar-refractivity contribution is 7.13. The number of carbonyl (C=O) groups is 1. The first-order valence-electron chi connectivity index (χ1n) is 4.46. The lowest BCUT2D eigenvalue weighted by Gasteiger charge is -1.99. The van der Waals surface area contributed by atoms with Crippen LogP contribution in [0.1, 0.15) is 20.2 Å². The summed E-state index contributed by atoms with van der Waals surface area (Å²) in [5, 5.41) is -1.02. The van der Waals surface area contributed by atoms with Gasteiger partial charge in [-0.15, -0.1) is 11.3 Å². The molecule has 0 aliphatic heterocycles. The van der Waals surface area contributed by atoms with Crippen LogP contribution in [0, 0.1) is 0 Å². The number of hydrogen-bond acceptors (Lipinski definition) is 4. The quantitative estimate of drug-likeness (QED) is 0.778. The molecule has 0 bridgehead atoms. The standard InChI is InChI=1S/C10H5F3N2OS/c11-10(12,13)9-15-5-7(17-9)8(16)6-1-3-14-4-2-6/h1-5H. The molecule has 0 saturated heterocycles. The number of pyridine rings is 1. The summed E-state index contributed by atoms with van der Waals surface area (Å²) in [6, 6.07) is 2.88. The molecule has 0 aromatic carbocycles. The van der Waals surface area contributed by atoms with Crippen LogP contribution < -0.4 is 0 Å². The summed E-state index contributed by atoms with van der Waals surface area (Å²) in [4.78, 5) is 18.6. The Balaban J connectivity index is 2.30. The molecule has 0 N–H and O–H groups in total. The molecule has 88 valence electrons. The molecule has 0 aliphatic rings. The highest BCUT2D eigenvalue weighted by Gasteiger charge is 2.35. The topological polar surface area (TPSA) is 42.9 Å². The fourth-order valence-corrected chi connectivity index (χ4v) is 1.90. The van der Waals surface area contributed by atoms with Crippen LogP contribution in [-0.2, 0) is 6.18 Å². The molecule has 2 heterocycles. The minimum Gasteiger partial charge on any atom is -0.288 e. The van der Waals surface area contributed by atoms with Gasteiger partial charge < -0.3 is 0 Å². The van der Waals surface area contributed by atoms with Crippen molar-refractivity contribution in [2.45, 2.75) is 6.18 Å². The number of hydrogen-bond donors (Lipinski definition) is 0. The van der Waals surface area contributed by atoms with E-state index in [1.54, 1.807) is 0 Å². The molecule has 2 aromatic rings. The number of alkyl halides is 3. The van der Waals surface area contributed by atoms with Gasteiger partial charge in [0.05, 0.1) is 4.88 Å². The average Bonchev–Trinajstić information content (AvgIpc) is 2.78. The lowest BCUT2D eigenvalue weighted by Crippen LogP contribution is -2.03. The molecule has 0 atom stereocenters. The van der Waals surface area contributed by atoms with Crippen LogP contribution in [0.15, 0.2) is 30.7 Å². The number of halogens is 3. The van der Waals surface area contributed by atoms with Gasteiger partial charge in [-0.1, -0.05) is 0 Å². The summed E-state index contributed by atoms with van der Waals surface area (Å²) in [6.07, 6.45) is -0.768. The maximum Gasteiger partial charge on any atom is 0.443 e. The lowest BCUT2D eigenvalue weighted by molar-refractivity contribution is -0.137. The van der Waals surface area contributed by atoms with Gasteiger partial charge in [-0.2, -0.15) is 13.2 Å². The first kappa shape index (κ1) is 11.7. The Morgan fingerprint density at radius 3 is 2.41 bits per heavy atom. The van der Waals surface area contributed by atoms with Gasteiger partial charge in [-0.05, 0) is 12.1 Å². The number of rotatable bonds is 2. The molecule has 2 rings (SSSR count). The van der Waals surface area contributed by atoms with Gasteiger partial charge in [-0.25, -0.2) is 4.98 Å². The normalized spacial score (nSPS) is 11.5. The summed E-state index contributed by atoms with van der Waals surface area (Å²) in [5.74, 6) is -0.486. The zero-order valence-electron chi connectivity index (χ0n) is 8.23. The molecule has 0 amide bonds. The number of carbonyl (C=O) groups excluding carboxylic acids is 1. The Hall–Kier alpha value is -1.76. The van der Waals surface area contributed by atoms with Crippen molar-refractivity contribution in [3.8, 4) is 0 Å². The van der Waals surface area contributed by atoms with Crippen LogP contribution in [0.25, 0.3) is 0 Å². The SMILES string of the molecule is O=C(c1ccncc1)c1cnc(C(F)(F)F)s1. The van der Waals surface area contributed by atoms with E-state index >= 15 is 0 Å². The fourth-order valence-electron chi connectivity index (χ4n) is 1.16. The average molecular weight is 258 g/mol. The van der Waals surface area contributed by atoms with Crippen molar-refractivity contribution in [3.05, 3.63) is 46.2 Å². The Morgan fingerprint density at radius 2 is 1.88 bits per heavy atom. The highest BCUT2D eigenvalue weighted by atomic mass is 32.1. The largest absolute Gasteiger partial charge is 0.443 e. The number of aromatic nitrogens is 2. The summed E-state index contributed by atoms with van der Waals surface area (Å²) in [6.45, 7) is 0. The zero-order chi connectivity index (χ0) is 12.5. The minimum absolute atomic E-state index is 0.0384. The van der Waals surface area contributed by atoms with Gasteiger partial charge in [-0.3, -0.25) is 9.78 Å². The summed E-state index contributed by atoms with van der Waals surface area (Å²) in [5.41, 5.74) is 0.289. The zero-order valence-corrected chi connectivity index (χ0v) is 9.05. The van der Waals surface area contributed by atoms with Crippen LogP contribution in [0.3, 0.4) is 0 Å². The molecule has 0 unspecified atom stereocenters. The van der Waals surface area contributed by atoms with E-state index in [0.29, 0.717) is 11.3 Å². The lowest BCUT2D eigenvalue weighted by atomic mass is 10.1. The smallest absolute Gasteiger partial charge is 0.288 e. The predicted molar refractivity (Wildman–Crippen MR) is 54.8 cm³/mol. The van der Waals surface area contributed by atoms with Crippen LogP contribution in [0.4, 0.5) is 13.2 Å². The predicted octanol–water partition coefficient (Wildman–Crippen LogP) is 2.79. The molecule has 0 radical (unpaired) electrons. The monoisotopic (exact) mass is 258 g/mol. The first-order valence-corrected chi connectivity index (χ1v) is 5.28. The van der Waals surface area contributed by atoms with Crippen molar-refractivity contribution in [1.82, 2.24) is 9.97 Å². The van der Waals surface area contributed by atoms with Gasteiger partial charge in [0.2, 0.25) is 5.78 Å². The van der Waals surface area contributed by atoms with Crippen molar-refractivity contribution >= 4 is 17.1 Å². The minimum atomic E-state index is -4.51. The van der Waals surface area contributed by atoms with Crippen LogP contribution in [0.2, 0.25) is 0 Å². The van der Waals surface area contributed by atoms with E-state index in [4.69, 9.17) is 0 Å². The van der Waals surface area contributed by atoms with Gasteiger partial charge >= 0.3 is 6.18 Å². The molecule has 2 aromatic heterocycles. The van der Waals surface area contributed by atoms with Gasteiger partial charge in [0.25, 0.3) is 0 Å². The fraction of sp³-hybridized carbons (Fsp3) is 0.100. The number of thiazole rings is 1. The molecule has 7 heteroatoms. The maximum absolute atomic E-state index is 12.3. The van der Waals surface area contributed by atoms with E-state index in [1.165, 1.54) is 24.5 Å². The van der Waals surface area contributed by atoms with Crippen molar-refractivity contribution < 1.29 is 18.0 Å². The summed E-state index contributed by atoms with van der Waals surface area (Å²) >= 11 is 0.337. The van der Waals surface area contributed by atoms with Crippen LogP contribution in [-0.4, -0.2) is 15.8 Å². The second-order valence-electron chi connectivity index (χ2n) is 3.09. The number of nitrogens with zero attached hydrogens (tertiary/aromatic N) is 2. The first-order chi connectivity index (χ1) is 7.98. The Bertz CT molecular complexity index is 536. The third-order valence-corrected chi connectivity index (χ3v) is 2.96. The molecule has 0 saturated carbocycles.